The molecule has 0 aliphatic rings. The van der Waals surface area contributed by atoms with E-state index >= 15 is 0 Å². The average Bonchev–Trinajstić information content (AvgIpc) is 2.26. The Kier molecular flexibility index (Phi) is 3.98. The molecule has 0 atom stereocenters. The minimum absolute atomic E-state index is 0.743. The first-order valence-electron chi connectivity index (χ1n) is 4.57. The van der Waals surface area contributed by atoms with Gasteiger partial charge in [0.15, 0.2) is 0 Å². The van der Waals surface area contributed by atoms with Gasteiger partial charge in [0.2, 0.25) is 0 Å². The van der Waals surface area contributed by atoms with Gasteiger partial charge in [-0.05, 0) is 13.0 Å². The lowest BCUT2D eigenvalue weighted by Crippen LogP contribution is -2.19. The first kappa shape index (κ1) is 10.6. The van der Waals surface area contributed by atoms with E-state index in [1.807, 2.05) is 31.2 Å². The molecule has 0 aliphatic heterocycles. The highest BCUT2D eigenvalue weighted by Crippen LogP contribution is 2.16. The second-order valence-corrected chi connectivity index (χ2v) is 2.97. The van der Waals surface area contributed by atoms with E-state index in [4.69, 9.17) is 4.74 Å². The lowest BCUT2D eigenvalue weighted by molar-refractivity contribution is 0.409. The van der Waals surface area contributed by atoms with Crippen LogP contribution in [0.1, 0.15) is 12.5 Å². The van der Waals surface area contributed by atoms with Gasteiger partial charge in [-0.15, -0.1) is 0 Å². The maximum Gasteiger partial charge on any atom is 0.123 e. The van der Waals surface area contributed by atoms with Crippen LogP contribution in [0.5, 0.6) is 5.75 Å². The Morgan fingerprint density at radius 3 is 2.79 bits per heavy atom. The number of aliphatic imine (C=N–C) groups is 1. The molecule has 0 heterocycles. The minimum atomic E-state index is 0.743. The van der Waals surface area contributed by atoms with Crippen LogP contribution in [0.15, 0.2) is 29.3 Å². The highest BCUT2D eigenvalue weighted by molar-refractivity contribution is 5.79. The van der Waals surface area contributed by atoms with Gasteiger partial charge in [0.25, 0.3) is 0 Å². The second kappa shape index (κ2) is 5.27. The van der Waals surface area contributed by atoms with Gasteiger partial charge in [0.1, 0.15) is 5.75 Å². The van der Waals surface area contributed by atoms with Crippen LogP contribution >= 0.6 is 0 Å². The fraction of sp³-hybridized carbons (Fsp3) is 0.364. The summed E-state index contributed by atoms with van der Waals surface area (Å²) < 4.78 is 5.23. The van der Waals surface area contributed by atoms with Gasteiger partial charge in [-0.1, -0.05) is 18.2 Å². The van der Waals surface area contributed by atoms with Crippen molar-refractivity contribution in [2.45, 2.75) is 13.5 Å². The molecule has 0 aliphatic carbocycles. The van der Waals surface area contributed by atoms with Crippen LogP contribution in [0.3, 0.4) is 0 Å². The normalized spacial score (nSPS) is 11.2. The maximum atomic E-state index is 5.23. The SMILES string of the molecule is CN=C(C)NCc1ccccc1OC. The van der Waals surface area contributed by atoms with Crippen molar-refractivity contribution >= 4 is 5.84 Å². The molecule has 3 heteroatoms. The Morgan fingerprint density at radius 1 is 1.43 bits per heavy atom. The molecule has 1 rings (SSSR count). The van der Waals surface area contributed by atoms with Crippen LogP contribution in [0.2, 0.25) is 0 Å². The third-order valence-electron chi connectivity index (χ3n) is 2.06. The van der Waals surface area contributed by atoms with E-state index < -0.39 is 0 Å². The molecule has 0 saturated heterocycles. The van der Waals surface area contributed by atoms with Crippen LogP contribution in [0.4, 0.5) is 0 Å². The van der Waals surface area contributed by atoms with Crippen molar-refractivity contribution in [3.63, 3.8) is 0 Å². The number of hydrogen-bond acceptors (Lipinski definition) is 2. The van der Waals surface area contributed by atoms with Crippen molar-refractivity contribution in [1.29, 1.82) is 0 Å². The van der Waals surface area contributed by atoms with E-state index in [2.05, 4.69) is 10.3 Å². The summed E-state index contributed by atoms with van der Waals surface area (Å²) >= 11 is 0. The molecule has 0 bridgehead atoms. The van der Waals surface area contributed by atoms with Crippen molar-refractivity contribution in [3.05, 3.63) is 29.8 Å². The Morgan fingerprint density at radius 2 is 2.14 bits per heavy atom. The van der Waals surface area contributed by atoms with Gasteiger partial charge in [-0.2, -0.15) is 0 Å². The van der Waals surface area contributed by atoms with Crippen molar-refractivity contribution in [2.75, 3.05) is 14.2 Å². The summed E-state index contributed by atoms with van der Waals surface area (Å²) in [5.74, 6) is 1.83. The second-order valence-electron chi connectivity index (χ2n) is 2.97. The molecule has 1 aromatic rings. The summed E-state index contributed by atoms with van der Waals surface area (Å²) in [5.41, 5.74) is 1.14. The number of amidine groups is 1. The molecule has 0 amide bonds. The molecule has 14 heavy (non-hydrogen) atoms. The van der Waals surface area contributed by atoms with Gasteiger partial charge in [0, 0.05) is 19.2 Å². The van der Waals surface area contributed by atoms with Crippen LogP contribution in [0.25, 0.3) is 0 Å². The number of nitrogens with zero attached hydrogens (tertiary/aromatic N) is 1. The Hall–Kier alpha value is -1.51. The van der Waals surface area contributed by atoms with Gasteiger partial charge >= 0.3 is 0 Å². The number of nitrogens with one attached hydrogen (secondary N) is 1. The van der Waals surface area contributed by atoms with E-state index in [9.17, 15) is 0 Å². The predicted octanol–water partition coefficient (Wildman–Crippen LogP) is 1.83. The largest absolute Gasteiger partial charge is 0.496 e. The van der Waals surface area contributed by atoms with Crippen LogP contribution in [-0.4, -0.2) is 20.0 Å². The molecule has 0 fully saturated rings. The number of benzene rings is 1. The topological polar surface area (TPSA) is 33.6 Å². The van der Waals surface area contributed by atoms with E-state index in [0.717, 1.165) is 23.7 Å². The Bertz CT molecular complexity index is 321. The summed E-state index contributed by atoms with van der Waals surface area (Å²) in [7, 11) is 3.45. The molecule has 0 unspecified atom stereocenters. The van der Waals surface area contributed by atoms with Crippen molar-refractivity contribution in [3.8, 4) is 5.75 Å². The molecule has 1 N–H and O–H groups in total. The lowest BCUT2D eigenvalue weighted by atomic mass is 10.2. The van der Waals surface area contributed by atoms with Gasteiger partial charge in [0.05, 0.1) is 12.9 Å². The third-order valence-corrected chi connectivity index (χ3v) is 2.06. The number of rotatable bonds is 3. The molecule has 0 saturated carbocycles. The Balaban J connectivity index is 2.66. The lowest BCUT2D eigenvalue weighted by Gasteiger charge is -2.09. The van der Waals surface area contributed by atoms with E-state index in [0.29, 0.717) is 0 Å². The number of methoxy groups -OCH3 is 1. The Labute approximate surface area is 84.8 Å². The molecular weight excluding hydrogens is 176 g/mol. The number of ether oxygens (including phenoxy) is 1. The van der Waals surface area contributed by atoms with Gasteiger partial charge in [-0.3, -0.25) is 4.99 Å². The molecule has 0 aromatic heterocycles. The van der Waals surface area contributed by atoms with Crippen molar-refractivity contribution in [2.24, 2.45) is 4.99 Å². The van der Waals surface area contributed by atoms with E-state index in [1.54, 1.807) is 14.2 Å². The fourth-order valence-corrected chi connectivity index (χ4v) is 1.15. The van der Waals surface area contributed by atoms with Gasteiger partial charge < -0.3 is 10.1 Å². The molecule has 0 spiro atoms. The summed E-state index contributed by atoms with van der Waals surface area (Å²) in [6, 6.07) is 7.95. The zero-order chi connectivity index (χ0) is 10.4. The zero-order valence-electron chi connectivity index (χ0n) is 8.87. The van der Waals surface area contributed by atoms with Crippen LogP contribution in [0, 0.1) is 0 Å². The predicted molar refractivity (Wildman–Crippen MR) is 58.9 cm³/mol. The first-order valence-corrected chi connectivity index (χ1v) is 4.57. The van der Waals surface area contributed by atoms with Gasteiger partial charge in [-0.25, -0.2) is 0 Å². The maximum absolute atomic E-state index is 5.23. The summed E-state index contributed by atoms with van der Waals surface area (Å²) in [6.07, 6.45) is 0. The summed E-state index contributed by atoms with van der Waals surface area (Å²) in [5, 5.41) is 3.19. The standard InChI is InChI=1S/C11H16N2O/c1-9(12-2)13-8-10-6-4-5-7-11(10)14-3/h4-7H,8H2,1-3H3,(H,12,13). The summed E-state index contributed by atoms with van der Waals surface area (Å²) in [6.45, 7) is 2.68. The molecular formula is C11H16N2O. The fourth-order valence-electron chi connectivity index (χ4n) is 1.15. The van der Waals surface area contributed by atoms with E-state index in [-0.39, 0.29) is 0 Å². The molecule has 76 valence electrons. The first-order chi connectivity index (χ1) is 6.77. The highest BCUT2D eigenvalue weighted by atomic mass is 16.5. The third kappa shape index (κ3) is 2.76. The quantitative estimate of drug-likeness (QED) is 0.585. The smallest absolute Gasteiger partial charge is 0.123 e. The monoisotopic (exact) mass is 192 g/mol. The minimum Gasteiger partial charge on any atom is -0.496 e. The molecule has 1 aromatic carbocycles. The van der Waals surface area contributed by atoms with Crippen molar-refractivity contribution in [1.82, 2.24) is 5.32 Å². The number of hydrogen-bond donors (Lipinski definition) is 1. The van der Waals surface area contributed by atoms with Crippen LogP contribution < -0.4 is 10.1 Å². The van der Waals surface area contributed by atoms with Crippen molar-refractivity contribution < 1.29 is 4.74 Å². The highest BCUT2D eigenvalue weighted by Gasteiger charge is 2.00. The molecule has 3 nitrogen and oxygen atoms in total. The summed E-state index contributed by atoms with van der Waals surface area (Å²) in [4.78, 5) is 4.02. The zero-order valence-corrected chi connectivity index (χ0v) is 8.87. The average molecular weight is 192 g/mol. The van der Waals surface area contributed by atoms with Crippen LogP contribution in [-0.2, 0) is 6.54 Å². The molecule has 0 radical (unpaired) electrons. The number of para-hydroxylation sites is 1. The van der Waals surface area contributed by atoms with E-state index in [1.165, 1.54) is 0 Å².